The number of para-hydroxylation sites is 1. The third-order valence-corrected chi connectivity index (χ3v) is 1.87. The monoisotopic (exact) mass is 209 g/mol. The van der Waals surface area contributed by atoms with Gasteiger partial charge in [-0.05, 0) is 11.6 Å². The van der Waals surface area contributed by atoms with Gasteiger partial charge in [0.15, 0.2) is 0 Å². The van der Waals surface area contributed by atoms with Gasteiger partial charge < -0.3 is 5.11 Å². The molecule has 0 aliphatic carbocycles. The standard InChI is InChI=1S/C9H8ClN3O/c10-8-5-1-3-7(9(8)14)4-2-6-12-13-11/h1-5,14H,6H2. The second-order valence-corrected chi connectivity index (χ2v) is 2.90. The van der Waals surface area contributed by atoms with E-state index in [4.69, 9.17) is 17.1 Å². The first-order chi connectivity index (χ1) is 6.75. The lowest BCUT2D eigenvalue weighted by Crippen LogP contribution is -1.76. The molecule has 5 heteroatoms. The zero-order valence-corrected chi connectivity index (χ0v) is 8.02. The second-order valence-electron chi connectivity index (χ2n) is 2.49. The molecule has 0 saturated heterocycles. The van der Waals surface area contributed by atoms with Crippen LogP contribution in [0.1, 0.15) is 5.56 Å². The van der Waals surface area contributed by atoms with Crippen LogP contribution in [0.4, 0.5) is 0 Å². The maximum absolute atomic E-state index is 9.47. The molecule has 0 fully saturated rings. The van der Waals surface area contributed by atoms with E-state index in [9.17, 15) is 5.11 Å². The molecule has 72 valence electrons. The van der Waals surface area contributed by atoms with Gasteiger partial charge in [-0.2, -0.15) is 0 Å². The zero-order chi connectivity index (χ0) is 10.4. The van der Waals surface area contributed by atoms with E-state index in [1.54, 1.807) is 30.4 Å². The Labute approximate surface area is 86.1 Å². The Balaban J connectivity index is 2.81. The van der Waals surface area contributed by atoms with E-state index >= 15 is 0 Å². The van der Waals surface area contributed by atoms with Crippen LogP contribution in [-0.2, 0) is 0 Å². The van der Waals surface area contributed by atoms with Crippen molar-refractivity contribution in [3.05, 3.63) is 45.3 Å². The summed E-state index contributed by atoms with van der Waals surface area (Å²) in [5, 5.41) is 13.1. The largest absolute Gasteiger partial charge is 0.506 e. The Morgan fingerprint density at radius 3 is 3.07 bits per heavy atom. The van der Waals surface area contributed by atoms with Crippen LogP contribution < -0.4 is 0 Å². The molecule has 0 aromatic heterocycles. The maximum atomic E-state index is 9.47. The van der Waals surface area contributed by atoms with Crippen molar-refractivity contribution in [3.63, 3.8) is 0 Å². The van der Waals surface area contributed by atoms with Crippen LogP contribution in [-0.4, -0.2) is 11.7 Å². The number of phenolic OH excluding ortho intramolecular Hbond substituents is 1. The average molecular weight is 210 g/mol. The lowest BCUT2D eigenvalue weighted by atomic mass is 10.2. The molecule has 0 unspecified atom stereocenters. The van der Waals surface area contributed by atoms with Gasteiger partial charge in [-0.25, -0.2) is 0 Å². The number of phenols is 1. The van der Waals surface area contributed by atoms with E-state index in [0.717, 1.165) is 0 Å². The maximum Gasteiger partial charge on any atom is 0.141 e. The van der Waals surface area contributed by atoms with E-state index in [2.05, 4.69) is 10.0 Å². The molecule has 0 aliphatic rings. The molecule has 1 rings (SSSR count). The molecule has 0 spiro atoms. The highest BCUT2D eigenvalue weighted by molar-refractivity contribution is 6.32. The number of rotatable bonds is 3. The van der Waals surface area contributed by atoms with Crippen LogP contribution in [0, 0.1) is 0 Å². The number of hydrogen-bond acceptors (Lipinski definition) is 2. The van der Waals surface area contributed by atoms with Gasteiger partial charge in [0, 0.05) is 17.0 Å². The van der Waals surface area contributed by atoms with Gasteiger partial charge in [0.25, 0.3) is 0 Å². The molecule has 0 radical (unpaired) electrons. The molecule has 0 saturated carbocycles. The van der Waals surface area contributed by atoms with Crippen LogP contribution in [0.5, 0.6) is 5.75 Å². The SMILES string of the molecule is [N-]=[N+]=NCC=Cc1cccc(Cl)c1O. The molecular weight excluding hydrogens is 202 g/mol. The predicted molar refractivity (Wildman–Crippen MR) is 56.2 cm³/mol. The highest BCUT2D eigenvalue weighted by Gasteiger charge is 2.00. The van der Waals surface area contributed by atoms with Gasteiger partial charge in [-0.1, -0.05) is 41.0 Å². The summed E-state index contributed by atoms with van der Waals surface area (Å²) in [6.07, 6.45) is 3.29. The van der Waals surface area contributed by atoms with E-state index in [1.165, 1.54) is 0 Å². The van der Waals surface area contributed by atoms with Crippen molar-refractivity contribution in [2.75, 3.05) is 6.54 Å². The summed E-state index contributed by atoms with van der Waals surface area (Å²) in [6.45, 7) is 0.252. The molecule has 14 heavy (non-hydrogen) atoms. The van der Waals surface area contributed by atoms with Gasteiger partial charge >= 0.3 is 0 Å². The van der Waals surface area contributed by atoms with Crippen molar-refractivity contribution in [2.45, 2.75) is 0 Å². The fourth-order valence-corrected chi connectivity index (χ4v) is 1.11. The van der Waals surface area contributed by atoms with Crippen LogP contribution in [0.15, 0.2) is 29.4 Å². The van der Waals surface area contributed by atoms with Gasteiger partial charge in [0.05, 0.1) is 5.02 Å². The number of hydrogen-bond donors (Lipinski definition) is 1. The van der Waals surface area contributed by atoms with Crippen molar-refractivity contribution in [1.82, 2.24) is 0 Å². The lowest BCUT2D eigenvalue weighted by molar-refractivity contribution is 0.474. The summed E-state index contributed by atoms with van der Waals surface area (Å²) < 4.78 is 0. The summed E-state index contributed by atoms with van der Waals surface area (Å²) in [4.78, 5) is 2.59. The lowest BCUT2D eigenvalue weighted by Gasteiger charge is -1.99. The number of benzene rings is 1. The van der Waals surface area contributed by atoms with Crippen molar-refractivity contribution in [3.8, 4) is 5.75 Å². The first kappa shape index (κ1) is 10.4. The first-order valence-corrected chi connectivity index (χ1v) is 4.28. The summed E-state index contributed by atoms with van der Waals surface area (Å²) in [5.74, 6) is 0.0337. The summed E-state index contributed by atoms with van der Waals surface area (Å²) in [6, 6.07) is 5.05. The van der Waals surface area contributed by atoms with Gasteiger partial charge in [-0.3, -0.25) is 0 Å². The van der Waals surface area contributed by atoms with E-state index in [1.807, 2.05) is 0 Å². The van der Waals surface area contributed by atoms with Gasteiger partial charge in [-0.15, -0.1) is 0 Å². The Morgan fingerprint density at radius 2 is 2.36 bits per heavy atom. The van der Waals surface area contributed by atoms with E-state index in [-0.39, 0.29) is 12.3 Å². The van der Waals surface area contributed by atoms with Gasteiger partial charge in [0.2, 0.25) is 0 Å². The van der Waals surface area contributed by atoms with Crippen molar-refractivity contribution >= 4 is 17.7 Å². The molecule has 0 bridgehead atoms. The molecule has 4 nitrogen and oxygen atoms in total. The summed E-state index contributed by atoms with van der Waals surface area (Å²) >= 11 is 5.69. The molecule has 0 atom stereocenters. The van der Waals surface area contributed by atoms with E-state index < -0.39 is 0 Å². The van der Waals surface area contributed by atoms with Crippen molar-refractivity contribution in [2.24, 2.45) is 5.11 Å². The minimum absolute atomic E-state index is 0.0337. The summed E-state index contributed by atoms with van der Waals surface area (Å²) in [7, 11) is 0. The number of halogens is 1. The van der Waals surface area contributed by atoms with Crippen LogP contribution in [0.3, 0.4) is 0 Å². The Kier molecular flexibility index (Phi) is 3.85. The summed E-state index contributed by atoms with van der Waals surface area (Å²) in [5.41, 5.74) is 8.62. The van der Waals surface area contributed by atoms with Crippen LogP contribution in [0.25, 0.3) is 16.5 Å². The van der Waals surface area contributed by atoms with Crippen LogP contribution >= 0.6 is 11.6 Å². The minimum atomic E-state index is 0.0337. The molecule has 1 aromatic rings. The van der Waals surface area contributed by atoms with Crippen molar-refractivity contribution in [1.29, 1.82) is 0 Å². The molecule has 1 N–H and O–H groups in total. The molecule has 0 aliphatic heterocycles. The van der Waals surface area contributed by atoms with Crippen LogP contribution in [0.2, 0.25) is 5.02 Å². The fraction of sp³-hybridized carbons (Fsp3) is 0.111. The van der Waals surface area contributed by atoms with E-state index in [0.29, 0.717) is 10.6 Å². The first-order valence-electron chi connectivity index (χ1n) is 3.90. The molecule has 1 aromatic carbocycles. The van der Waals surface area contributed by atoms with Crippen molar-refractivity contribution < 1.29 is 5.11 Å². The molecule has 0 amide bonds. The topological polar surface area (TPSA) is 69.0 Å². The second kappa shape index (κ2) is 5.17. The third kappa shape index (κ3) is 2.69. The highest BCUT2D eigenvalue weighted by Crippen LogP contribution is 2.27. The van der Waals surface area contributed by atoms with Gasteiger partial charge in [0.1, 0.15) is 5.75 Å². The smallest absolute Gasteiger partial charge is 0.141 e. The quantitative estimate of drug-likeness (QED) is 0.463. The Hall–Kier alpha value is -1.64. The molecule has 0 heterocycles. The number of azide groups is 1. The average Bonchev–Trinajstić information content (AvgIpc) is 2.19. The number of aromatic hydroxyl groups is 1. The minimum Gasteiger partial charge on any atom is -0.506 e. The Morgan fingerprint density at radius 1 is 1.57 bits per heavy atom. The molecular formula is C9H8ClN3O. The highest BCUT2D eigenvalue weighted by atomic mass is 35.5. The normalized spacial score (nSPS) is 10.1. The Bertz CT molecular complexity index is 397. The zero-order valence-electron chi connectivity index (χ0n) is 7.26. The third-order valence-electron chi connectivity index (χ3n) is 1.57. The predicted octanol–water partition coefficient (Wildman–Crippen LogP) is 3.37. The number of nitrogens with zero attached hydrogens (tertiary/aromatic N) is 3. The fourth-order valence-electron chi connectivity index (χ4n) is 0.930.